The van der Waals surface area contributed by atoms with Gasteiger partial charge in [-0.1, -0.05) is 6.07 Å². The second kappa shape index (κ2) is 4.52. The predicted octanol–water partition coefficient (Wildman–Crippen LogP) is 2.60. The molecule has 0 fully saturated rings. The van der Waals surface area contributed by atoms with Crippen LogP contribution in [0, 0.1) is 13.8 Å². The van der Waals surface area contributed by atoms with Crippen LogP contribution in [0.5, 0.6) is 5.75 Å². The van der Waals surface area contributed by atoms with Crippen LogP contribution < -0.4 is 10.5 Å². The fourth-order valence-electron chi connectivity index (χ4n) is 2.56. The number of pyridine rings is 1. The first kappa shape index (κ1) is 12.5. The number of benzene rings is 1. The Morgan fingerprint density at radius 1 is 1.15 bits per heavy atom. The van der Waals surface area contributed by atoms with E-state index in [0.717, 1.165) is 33.8 Å². The Hall–Kier alpha value is -2.56. The molecule has 3 rings (SSSR count). The number of nitrogens with zero attached hydrogens (tertiary/aromatic N) is 3. The zero-order valence-corrected chi connectivity index (χ0v) is 11.7. The summed E-state index contributed by atoms with van der Waals surface area (Å²) >= 11 is 0. The fraction of sp³-hybridized carbons (Fsp3) is 0.200. The molecule has 0 saturated carbocycles. The van der Waals surface area contributed by atoms with Crippen LogP contribution in [0.15, 0.2) is 30.3 Å². The molecule has 2 N–H and O–H groups in total. The van der Waals surface area contributed by atoms with E-state index in [0.29, 0.717) is 0 Å². The van der Waals surface area contributed by atoms with Gasteiger partial charge in [-0.05, 0) is 49.2 Å². The summed E-state index contributed by atoms with van der Waals surface area (Å²) in [6.07, 6.45) is 0. The monoisotopic (exact) mass is 268 g/mol. The summed E-state index contributed by atoms with van der Waals surface area (Å²) in [7, 11) is 1.69. The highest BCUT2D eigenvalue weighted by Gasteiger charge is 2.11. The maximum Gasteiger partial charge on any atom is 0.240 e. The fourth-order valence-corrected chi connectivity index (χ4v) is 2.56. The number of nitrogens with two attached hydrogens (primary N) is 1. The Bertz CT molecular complexity index is 769. The molecule has 0 amide bonds. The SMILES string of the molecule is COc1c(C)cc(-c2cccc3nc(N)nn23)cc1C. The van der Waals surface area contributed by atoms with Crippen LogP contribution in [0.4, 0.5) is 5.95 Å². The molecule has 0 bridgehead atoms. The van der Waals surface area contributed by atoms with Crippen molar-refractivity contribution >= 4 is 11.6 Å². The third-order valence-corrected chi connectivity index (χ3v) is 3.34. The molecule has 1 aromatic carbocycles. The van der Waals surface area contributed by atoms with Crippen molar-refractivity contribution in [2.75, 3.05) is 12.8 Å². The minimum absolute atomic E-state index is 0.277. The number of nitrogen functional groups attached to an aromatic ring is 1. The molecule has 3 aromatic rings. The van der Waals surface area contributed by atoms with Crippen LogP contribution in [0.1, 0.15) is 11.1 Å². The molecule has 5 heteroatoms. The number of anilines is 1. The number of hydrogen-bond donors (Lipinski definition) is 1. The average Bonchev–Trinajstić information content (AvgIpc) is 2.78. The molecule has 5 nitrogen and oxygen atoms in total. The second-order valence-electron chi connectivity index (χ2n) is 4.79. The molecule has 0 saturated heterocycles. The van der Waals surface area contributed by atoms with Crippen molar-refractivity contribution in [3.05, 3.63) is 41.5 Å². The largest absolute Gasteiger partial charge is 0.496 e. The van der Waals surface area contributed by atoms with Crippen LogP contribution in [-0.4, -0.2) is 21.7 Å². The van der Waals surface area contributed by atoms with Gasteiger partial charge >= 0.3 is 0 Å². The van der Waals surface area contributed by atoms with E-state index >= 15 is 0 Å². The van der Waals surface area contributed by atoms with E-state index in [2.05, 4.69) is 22.2 Å². The molecule has 20 heavy (non-hydrogen) atoms. The number of hydrogen-bond acceptors (Lipinski definition) is 4. The summed E-state index contributed by atoms with van der Waals surface area (Å²) in [5.74, 6) is 1.19. The number of rotatable bonds is 2. The minimum atomic E-state index is 0.277. The van der Waals surface area contributed by atoms with Crippen molar-refractivity contribution < 1.29 is 4.74 Å². The number of methoxy groups -OCH3 is 1. The summed E-state index contributed by atoms with van der Waals surface area (Å²) in [5.41, 5.74) is 10.6. The molecule has 2 aromatic heterocycles. The number of fused-ring (bicyclic) bond motifs is 1. The summed E-state index contributed by atoms with van der Waals surface area (Å²) in [5, 5.41) is 4.24. The third kappa shape index (κ3) is 1.87. The Morgan fingerprint density at radius 2 is 1.85 bits per heavy atom. The van der Waals surface area contributed by atoms with Crippen molar-refractivity contribution in [3.63, 3.8) is 0 Å². The Morgan fingerprint density at radius 3 is 2.50 bits per heavy atom. The van der Waals surface area contributed by atoms with Gasteiger partial charge in [0, 0.05) is 5.56 Å². The van der Waals surface area contributed by atoms with Crippen LogP contribution in [0.25, 0.3) is 16.9 Å². The highest BCUT2D eigenvalue weighted by molar-refractivity contribution is 5.67. The molecule has 0 aliphatic heterocycles. The summed E-state index contributed by atoms with van der Waals surface area (Å²) in [6.45, 7) is 4.07. The van der Waals surface area contributed by atoms with Gasteiger partial charge in [0.15, 0.2) is 5.65 Å². The number of ether oxygens (including phenoxy) is 1. The van der Waals surface area contributed by atoms with Crippen molar-refractivity contribution in [3.8, 4) is 17.0 Å². The van der Waals surface area contributed by atoms with Crippen molar-refractivity contribution in [2.45, 2.75) is 13.8 Å². The van der Waals surface area contributed by atoms with E-state index in [1.165, 1.54) is 0 Å². The van der Waals surface area contributed by atoms with Crippen LogP contribution in [0.2, 0.25) is 0 Å². The van der Waals surface area contributed by atoms with Gasteiger partial charge in [-0.15, -0.1) is 5.10 Å². The zero-order chi connectivity index (χ0) is 14.3. The van der Waals surface area contributed by atoms with E-state index in [1.54, 1.807) is 11.6 Å². The van der Waals surface area contributed by atoms with Gasteiger partial charge in [0.1, 0.15) is 5.75 Å². The van der Waals surface area contributed by atoms with Gasteiger partial charge in [-0.2, -0.15) is 4.98 Å². The zero-order valence-electron chi connectivity index (χ0n) is 11.7. The van der Waals surface area contributed by atoms with Crippen molar-refractivity contribution in [2.24, 2.45) is 0 Å². The van der Waals surface area contributed by atoms with Crippen LogP contribution in [0.3, 0.4) is 0 Å². The lowest BCUT2D eigenvalue weighted by Crippen LogP contribution is -1.97. The first-order chi connectivity index (χ1) is 9.60. The quantitative estimate of drug-likeness (QED) is 0.776. The molecule has 102 valence electrons. The van der Waals surface area contributed by atoms with Crippen molar-refractivity contribution in [1.82, 2.24) is 14.6 Å². The van der Waals surface area contributed by atoms with Gasteiger partial charge in [-0.3, -0.25) is 0 Å². The Kier molecular flexibility index (Phi) is 2.82. The molecule has 2 heterocycles. The molecular formula is C15H16N4O. The molecule has 0 spiro atoms. The lowest BCUT2D eigenvalue weighted by molar-refractivity contribution is 0.408. The normalized spacial score (nSPS) is 10.9. The summed E-state index contributed by atoms with van der Waals surface area (Å²) in [6, 6.07) is 10.0. The first-order valence-electron chi connectivity index (χ1n) is 6.37. The van der Waals surface area contributed by atoms with Crippen LogP contribution in [-0.2, 0) is 0 Å². The van der Waals surface area contributed by atoms with Gasteiger partial charge in [0.25, 0.3) is 0 Å². The molecule has 0 radical (unpaired) electrons. The number of aryl methyl sites for hydroxylation is 2. The van der Waals surface area contributed by atoms with Crippen LogP contribution >= 0.6 is 0 Å². The predicted molar refractivity (Wildman–Crippen MR) is 78.9 cm³/mol. The number of aromatic nitrogens is 3. The van der Waals surface area contributed by atoms with Gasteiger partial charge in [0.2, 0.25) is 5.95 Å². The molecular weight excluding hydrogens is 252 g/mol. The van der Waals surface area contributed by atoms with E-state index in [1.807, 2.05) is 32.0 Å². The topological polar surface area (TPSA) is 65.4 Å². The highest BCUT2D eigenvalue weighted by atomic mass is 16.5. The highest BCUT2D eigenvalue weighted by Crippen LogP contribution is 2.30. The average molecular weight is 268 g/mol. The summed E-state index contributed by atoms with van der Waals surface area (Å²) in [4.78, 5) is 4.18. The maximum atomic E-state index is 5.68. The third-order valence-electron chi connectivity index (χ3n) is 3.34. The van der Waals surface area contributed by atoms with Crippen molar-refractivity contribution in [1.29, 1.82) is 0 Å². The van der Waals surface area contributed by atoms with E-state index in [9.17, 15) is 0 Å². The van der Waals surface area contributed by atoms with E-state index < -0.39 is 0 Å². The van der Waals surface area contributed by atoms with Gasteiger partial charge in [-0.25, -0.2) is 4.52 Å². The van der Waals surface area contributed by atoms with E-state index in [4.69, 9.17) is 10.5 Å². The minimum Gasteiger partial charge on any atom is -0.496 e. The molecule has 0 unspecified atom stereocenters. The lowest BCUT2D eigenvalue weighted by Gasteiger charge is -2.12. The molecule has 0 aliphatic carbocycles. The second-order valence-corrected chi connectivity index (χ2v) is 4.79. The first-order valence-corrected chi connectivity index (χ1v) is 6.37. The Labute approximate surface area is 117 Å². The standard InChI is InChI=1S/C15H16N4O/c1-9-7-11(8-10(2)14(9)20-3)12-5-4-6-13-17-15(16)18-19(12)13/h4-8H,1-3H3,(H2,16,18). The molecule has 0 atom stereocenters. The molecule has 0 aliphatic rings. The summed E-state index contributed by atoms with van der Waals surface area (Å²) < 4.78 is 7.16. The Balaban J connectivity index is 2.25. The smallest absolute Gasteiger partial charge is 0.240 e. The van der Waals surface area contributed by atoms with Gasteiger partial charge in [0.05, 0.1) is 12.8 Å². The maximum absolute atomic E-state index is 5.68. The van der Waals surface area contributed by atoms with Gasteiger partial charge < -0.3 is 10.5 Å². The lowest BCUT2D eigenvalue weighted by atomic mass is 10.0. The van der Waals surface area contributed by atoms with E-state index in [-0.39, 0.29) is 5.95 Å².